The van der Waals surface area contributed by atoms with Gasteiger partial charge in [-0.3, -0.25) is 0 Å². The van der Waals surface area contributed by atoms with Gasteiger partial charge in [0.15, 0.2) is 0 Å². The van der Waals surface area contributed by atoms with Crippen LogP contribution in [0, 0.1) is 0 Å². The largest absolute Gasteiger partial charge is 0.378 e. The fourth-order valence-corrected chi connectivity index (χ4v) is 3.84. The SMILES string of the molecule is O=S(=O)(c1ccc(N[C@H]2CCCCc3ccccc32)cc1)C(F)F. The van der Waals surface area contributed by atoms with Gasteiger partial charge in [0.1, 0.15) is 0 Å². The van der Waals surface area contributed by atoms with Gasteiger partial charge in [-0.15, -0.1) is 0 Å². The second kappa shape index (κ2) is 6.89. The Hall–Kier alpha value is -1.95. The van der Waals surface area contributed by atoms with Crippen molar-refractivity contribution in [3.8, 4) is 0 Å². The van der Waals surface area contributed by atoms with E-state index in [0.717, 1.165) is 31.4 Å². The topological polar surface area (TPSA) is 46.2 Å². The molecule has 0 aromatic heterocycles. The molecule has 1 atom stereocenters. The lowest BCUT2D eigenvalue weighted by molar-refractivity contribution is 0.234. The van der Waals surface area contributed by atoms with Crippen LogP contribution in [0.3, 0.4) is 0 Å². The second-order valence-corrected chi connectivity index (χ2v) is 7.89. The predicted octanol–water partition coefficient (Wildman–Crippen LogP) is 4.56. The molecule has 0 bridgehead atoms. The Kier molecular flexibility index (Phi) is 4.85. The van der Waals surface area contributed by atoms with E-state index in [1.54, 1.807) is 12.1 Å². The summed E-state index contributed by atoms with van der Waals surface area (Å²) >= 11 is 0. The van der Waals surface area contributed by atoms with Gasteiger partial charge in [0, 0.05) is 5.69 Å². The third-order valence-corrected chi connectivity index (χ3v) is 5.78. The van der Waals surface area contributed by atoms with Crippen LogP contribution in [0.5, 0.6) is 0 Å². The molecular weight excluding hydrogens is 332 g/mol. The molecule has 0 amide bonds. The zero-order chi connectivity index (χ0) is 17.2. The Bertz CT molecular complexity index is 804. The van der Waals surface area contributed by atoms with E-state index < -0.39 is 15.6 Å². The van der Waals surface area contributed by atoms with E-state index in [0.29, 0.717) is 0 Å². The summed E-state index contributed by atoms with van der Waals surface area (Å²) in [4.78, 5) is -0.357. The number of aryl methyl sites for hydroxylation is 1. The summed E-state index contributed by atoms with van der Waals surface area (Å²) in [5.74, 6) is -3.40. The highest BCUT2D eigenvalue weighted by Gasteiger charge is 2.26. The Morgan fingerprint density at radius 1 is 1.00 bits per heavy atom. The molecule has 0 saturated carbocycles. The number of nitrogens with one attached hydrogen (secondary N) is 1. The third kappa shape index (κ3) is 3.43. The van der Waals surface area contributed by atoms with Gasteiger partial charge in [-0.25, -0.2) is 8.42 Å². The quantitative estimate of drug-likeness (QED) is 0.821. The molecule has 2 aromatic rings. The maximum absolute atomic E-state index is 12.6. The molecule has 2 aromatic carbocycles. The number of hydrogen-bond donors (Lipinski definition) is 1. The normalized spacial score (nSPS) is 18.0. The lowest BCUT2D eigenvalue weighted by atomic mass is 9.99. The molecule has 1 aliphatic rings. The molecule has 0 aliphatic heterocycles. The van der Waals surface area contributed by atoms with Crippen molar-refractivity contribution in [3.05, 3.63) is 59.7 Å². The monoisotopic (exact) mass is 351 g/mol. The summed E-state index contributed by atoms with van der Waals surface area (Å²) in [5.41, 5.74) is 3.30. The lowest BCUT2D eigenvalue weighted by Gasteiger charge is -2.20. The van der Waals surface area contributed by atoms with Crippen LogP contribution in [-0.2, 0) is 16.3 Å². The van der Waals surface area contributed by atoms with Gasteiger partial charge in [-0.1, -0.05) is 30.7 Å². The minimum absolute atomic E-state index is 0.140. The molecule has 128 valence electrons. The zero-order valence-corrected chi connectivity index (χ0v) is 13.9. The van der Waals surface area contributed by atoms with Gasteiger partial charge >= 0.3 is 5.76 Å². The third-order valence-electron chi connectivity index (χ3n) is 4.38. The number of hydrogen-bond acceptors (Lipinski definition) is 3. The molecule has 1 aliphatic carbocycles. The highest BCUT2D eigenvalue weighted by atomic mass is 32.2. The molecule has 0 heterocycles. The fraction of sp³-hybridized carbons (Fsp3) is 0.333. The Balaban J connectivity index is 1.82. The van der Waals surface area contributed by atoms with E-state index in [4.69, 9.17) is 0 Å². The van der Waals surface area contributed by atoms with Crippen molar-refractivity contribution >= 4 is 15.5 Å². The molecule has 1 N–H and O–H groups in total. The number of rotatable bonds is 4. The van der Waals surface area contributed by atoms with Crippen LogP contribution in [0.1, 0.15) is 36.4 Å². The van der Waals surface area contributed by atoms with Gasteiger partial charge in [0.25, 0.3) is 0 Å². The van der Waals surface area contributed by atoms with Gasteiger partial charge < -0.3 is 5.32 Å². The molecule has 6 heteroatoms. The summed E-state index contributed by atoms with van der Waals surface area (Å²) in [6, 6.07) is 14.0. The van der Waals surface area contributed by atoms with E-state index in [-0.39, 0.29) is 10.9 Å². The first-order valence-corrected chi connectivity index (χ1v) is 9.49. The highest BCUT2D eigenvalue weighted by Crippen LogP contribution is 2.32. The zero-order valence-electron chi connectivity index (χ0n) is 13.1. The molecule has 3 nitrogen and oxygen atoms in total. The maximum atomic E-state index is 12.6. The van der Waals surface area contributed by atoms with Crippen molar-refractivity contribution in [2.45, 2.75) is 42.4 Å². The first-order valence-electron chi connectivity index (χ1n) is 7.95. The van der Waals surface area contributed by atoms with Gasteiger partial charge in [-0.2, -0.15) is 8.78 Å². The second-order valence-electron chi connectivity index (χ2n) is 5.97. The van der Waals surface area contributed by atoms with Crippen LogP contribution in [0.15, 0.2) is 53.4 Å². The van der Waals surface area contributed by atoms with Gasteiger partial charge in [0.2, 0.25) is 9.84 Å². The minimum Gasteiger partial charge on any atom is -0.378 e. The maximum Gasteiger partial charge on any atom is 0.341 e. The Morgan fingerprint density at radius 2 is 1.71 bits per heavy atom. The number of halogens is 2. The van der Waals surface area contributed by atoms with Crippen LogP contribution < -0.4 is 5.32 Å². The van der Waals surface area contributed by atoms with Crippen LogP contribution >= 0.6 is 0 Å². The summed E-state index contributed by atoms with van der Waals surface area (Å²) < 4.78 is 48.1. The molecule has 3 rings (SSSR count). The predicted molar refractivity (Wildman–Crippen MR) is 90.0 cm³/mol. The molecule has 0 saturated heterocycles. The average Bonchev–Trinajstić information content (AvgIpc) is 2.78. The van der Waals surface area contributed by atoms with Crippen LogP contribution in [0.4, 0.5) is 14.5 Å². The van der Waals surface area contributed by atoms with Crippen LogP contribution in [-0.4, -0.2) is 14.2 Å². The number of sulfone groups is 1. The molecule has 0 unspecified atom stereocenters. The van der Waals surface area contributed by atoms with E-state index in [1.807, 2.05) is 12.1 Å². The summed E-state index contributed by atoms with van der Waals surface area (Å²) in [7, 11) is -4.54. The van der Waals surface area contributed by atoms with E-state index in [2.05, 4.69) is 17.4 Å². The van der Waals surface area contributed by atoms with E-state index >= 15 is 0 Å². The van der Waals surface area contributed by atoms with Crippen molar-refractivity contribution in [2.24, 2.45) is 0 Å². The summed E-state index contributed by atoms with van der Waals surface area (Å²) in [6.07, 6.45) is 4.28. The Labute approximate surface area is 140 Å². The molecule has 0 spiro atoms. The van der Waals surface area contributed by atoms with Gasteiger partial charge in [0.05, 0.1) is 10.9 Å². The highest BCUT2D eigenvalue weighted by molar-refractivity contribution is 7.91. The summed E-state index contributed by atoms with van der Waals surface area (Å²) in [5, 5.41) is 3.40. The van der Waals surface area contributed by atoms with Crippen molar-refractivity contribution < 1.29 is 17.2 Å². The molecular formula is C18H19F2NO2S. The molecule has 24 heavy (non-hydrogen) atoms. The lowest BCUT2D eigenvalue weighted by Crippen LogP contribution is -2.13. The Morgan fingerprint density at radius 3 is 2.42 bits per heavy atom. The van der Waals surface area contributed by atoms with Crippen molar-refractivity contribution in [1.29, 1.82) is 0 Å². The number of anilines is 1. The van der Waals surface area contributed by atoms with Crippen molar-refractivity contribution in [2.75, 3.05) is 5.32 Å². The van der Waals surface area contributed by atoms with Gasteiger partial charge in [-0.05, 0) is 54.7 Å². The first-order chi connectivity index (χ1) is 11.5. The fourth-order valence-electron chi connectivity index (χ4n) is 3.12. The van der Waals surface area contributed by atoms with Crippen LogP contribution in [0.2, 0.25) is 0 Å². The van der Waals surface area contributed by atoms with E-state index in [1.165, 1.54) is 23.3 Å². The number of benzene rings is 2. The smallest absolute Gasteiger partial charge is 0.341 e. The van der Waals surface area contributed by atoms with Crippen molar-refractivity contribution in [3.63, 3.8) is 0 Å². The summed E-state index contributed by atoms with van der Waals surface area (Å²) in [6.45, 7) is 0. The van der Waals surface area contributed by atoms with E-state index in [9.17, 15) is 17.2 Å². The standard InChI is InChI=1S/C18H19F2NO2S/c19-18(20)24(22,23)15-11-9-14(10-12-15)21-17-8-4-2-6-13-5-1-3-7-16(13)17/h1,3,5,7,9-12,17-18,21H,2,4,6,8H2/t17-/m0/s1. The van der Waals surface area contributed by atoms with Crippen LogP contribution in [0.25, 0.3) is 0 Å². The number of alkyl halides is 2. The van der Waals surface area contributed by atoms with Crippen molar-refractivity contribution in [1.82, 2.24) is 0 Å². The molecule has 0 radical (unpaired) electrons. The molecule has 0 fully saturated rings. The average molecular weight is 351 g/mol. The first kappa shape index (κ1) is 16.9. The minimum atomic E-state index is -4.54. The number of fused-ring (bicyclic) bond motifs is 1.